The molecule has 0 bridgehead atoms. The highest BCUT2D eigenvalue weighted by Gasteiger charge is 2.12. The highest BCUT2D eigenvalue weighted by molar-refractivity contribution is 7.23. The van der Waals surface area contributed by atoms with Crippen molar-refractivity contribution in [1.29, 1.82) is 0 Å². The molecule has 0 aliphatic rings. The van der Waals surface area contributed by atoms with E-state index < -0.39 is 0 Å². The van der Waals surface area contributed by atoms with Gasteiger partial charge in [-0.2, -0.15) is 0 Å². The van der Waals surface area contributed by atoms with Crippen molar-refractivity contribution in [3.05, 3.63) is 34.0 Å². The molecular formula is C14H14O2S2. The molecule has 0 radical (unpaired) electrons. The Bertz CT molecular complexity index is 526. The summed E-state index contributed by atoms with van der Waals surface area (Å²) >= 11 is 3.00. The van der Waals surface area contributed by atoms with Crippen molar-refractivity contribution in [3.63, 3.8) is 0 Å². The third kappa shape index (κ3) is 2.60. The second-order valence-electron chi connectivity index (χ2n) is 3.88. The minimum absolute atomic E-state index is 0.174. The standard InChI is InChI=1S/C14H14O2S2/c1-3-9(15)11-5-7-13(17-11)14-8-6-12(18-14)10(16)4-2/h5-8H,3-4H2,1-2H3. The van der Waals surface area contributed by atoms with Gasteiger partial charge in [0.15, 0.2) is 11.6 Å². The van der Waals surface area contributed by atoms with Gasteiger partial charge in [0.25, 0.3) is 0 Å². The maximum Gasteiger partial charge on any atom is 0.172 e. The first-order valence-electron chi connectivity index (χ1n) is 5.92. The van der Waals surface area contributed by atoms with Crippen molar-refractivity contribution in [3.8, 4) is 9.75 Å². The van der Waals surface area contributed by atoms with E-state index in [1.165, 1.54) is 22.7 Å². The summed E-state index contributed by atoms with van der Waals surface area (Å²) in [5.74, 6) is 0.348. The summed E-state index contributed by atoms with van der Waals surface area (Å²) in [6.07, 6.45) is 1.06. The van der Waals surface area contributed by atoms with Crippen molar-refractivity contribution in [1.82, 2.24) is 0 Å². The van der Waals surface area contributed by atoms with E-state index in [2.05, 4.69) is 0 Å². The van der Waals surface area contributed by atoms with Crippen LogP contribution in [0.15, 0.2) is 24.3 Å². The van der Waals surface area contributed by atoms with Crippen molar-refractivity contribution in [2.75, 3.05) is 0 Å². The number of carbonyl (C=O) groups is 2. The molecule has 4 heteroatoms. The lowest BCUT2D eigenvalue weighted by Gasteiger charge is -1.91. The molecule has 0 N–H and O–H groups in total. The van der Waals surface area contributed by atoms with Crippen LogP contribution >= 0.6 is 22.7 Å². The molecule has 0 aliphatic heterocycles. The van der Waals surface area contributed by atoms with E-state index in [-0.39, 0.29) is 11.6 Å². The van der Waals surface area contributed by atoms with Gasteiger partial charge >= 0.3 is 0 Å². The van der Waals surface area contributed by atoms with Gasteiger partial charge in [-0.05, 0) is 24.3 Å². The van der Waals surface area contributed by atoms with Gasteiger partial charge in [-0.15, -0.1) is 22.7 Å². The third-order valence-electron chi connectivity index (χ3n) is 2.65. The highest BCUT2D eigenvalue weighted by Crippen LogP contribution is 2.34. The number of thiophene rings is 2. The predicted molar refractivity (Wildman–Crippen MR) is 76.9 cm³/mol. The molecule has 2 aromatic heterocycles. The number of hydrogen-bond acceptors (Lipinski definition) is 4. The summed E-state index contributed by atoms with van der Waals surface area (Å²) in [5.41, 5.74) is 0. The number of carbonyl (C=O) groups excluding carboxylic acids is 2. The van der Waals surface area contributed by atoms with Crippen LogP contribution in [-0.2, 0) is 0 Å². The van der Waals surface area contributed by atoms with E-state index in [0.717, 1.165) is 19.5 Å². The Kier molecular flexibility index (Phi) is 4.09. The van der Waals surface area contributed by atoms with Gasteiger partial charge in [-0.25, -0.2) is 0 Å². The van der Waals surface area contributed by atoms with Crippen molar-refractivity contribution >= 4 is 34.2 Å². The predicted octanol–water partition coefficient (Wildman–Crippen LogP) is 4.66. The zero-order valence-electron chi connectivity index (χ0n) is 10.4. The van der Waals surface area contributed by atoms with Gasteiger partial charge in [0.1, 0.15) is 0 Å². The monoisotopic (exact) mass is 278 g/mol. The lowest BCUT2D eigenvalue weighted by molar-refractivity contribution is 0.0984. The van der Waals surface area contributed by atoms with Crippen molar-refractivity contribution < 1.29 is 9.59 Å². The molecule has 0 amide bonds. The number of ketones is 2. The van der Waals surface area contributed by atoms with Crippen LogP contribution < -0.4 is 0 Å². The molecule has 0 saturated heterocycles. The van der Waals surface area contributed by atoms with E-state index in [9.17, 15) is 9.59 Å². The first kappa shape index (κ1) is 13.2. The second kappa shape index (κ2) is 5.59. The summed E-state index contributed by atoms with van der Waals surface area (Å²) in [7, 11) is 0. The second-order valence-corrected chi connectivity index (χ2v) is 6.05. The topological polar surface area (TPSA) is 34.1 Å². The van der Waals surface area contributed by atoms with E-state index in [1.807, 2.05) is 38.1 Å². The van der Waals surface area contributed by atoms with E-state index in [1.54, 1.807) is 0 Å². The fourth-order valence-corrected chi connectivity index (χ4v) is 3.71. The third-order valence-corrected chi connectivity index (χ3v) is 5.10. The summed E-state index contributed by atoms with van der Waals surface area (Å²) in [6.45, 7) is 3.73. The molecular weight excluding hydrogens is 264 g/mol. The summed E-state index contributed by atoms with van der Waals surface area (Å²) in [6, 6.07) is 7.65. The smallest absolute Gasteiger partial charge is 0.172 e. The van der Waals surface area contributed by atoms with Crippen LogP contribution in [0.2, 0.25) is 0 Å². The van der Waals surface area contributed by atoms with Crippen molar-refractivity contribution in [2.24, 2.45) is 0 Å². The van der Waals surface area contributed by atoms with E-state index in [0.29, 0.717) is 12.8 Å². The number of hydrogen-bond donors (Lipinski definition) is 0. The maximum absolute atomic E-state index is 11.6. The highest BCUT2D eigenvalue weighted by atomic mass is 32.1. The van der Waals surface area contributed by atoms with Crippen LogP contribution in [0.4, 0.5) is 0 Å². The molecule has 2 nitrogen and oxygen atoms in total. The maximum atomic E-state index is 11.6. The van der Waals surface area contributed by atoms with Crippen LogP contribution in [0.3, 0.4) is 0 Å². The molecule has 2 rings (SSSR count). The Hall–Kier alpha value is -1.26. The van der Waals surface area contributed by atoms with Gasteiger partial charge in [0.05, 0.1) is 9.75 Å². The largest absolute Gasteiger partial charge is 0.293 e. The summed E-state index contributed by atoms with van der Waals surface area (Å²) in [4.78, 5) is 26.9. The van der Waals surface area contributed by atoms with Gasteiger partial charge in [0.2, 0.25) is 0 Å². The van der Waals surface area contributed by atoms with Gasteiger partial charge in [-0.1, -0.05) is 13.8 Å². The van der Waals surface area contributed by atoms with E-state index in [4.69, 9.17) is 0 Å². The fraction of sp³-hybridized carbons (Fsp3) is 0.286. The molecule has 0 fully saturated rings. The fourth-order valence-electron chi connectivity index (χ4n) is 1.59. The minimum atomic E-state index is 0.174. The lowest BCUT2D eigenvalue weighted by Crippen LogP contribution is -1.90. The molecule has 2 heterocycles. The number of Topliss-reactive ketones (excluding diaryl/α,β-unsaturated/α-hetero) is 2. The average molecular weight is 278 g/mol. The molecule has 0 spiro atoms. The summed E-state index contributed by atoms with van der Waals surface area (Å²) < 4.78 is 0. The molecule has 18 heavy (non-hydrogen) atoms. The minimum Gasteiger partial charge on any atom is -0.293 e. The van der Waals surface area contributed by atoms with Crippen LogP contribution in [0.5, 0.6) is 0 Å². The molecule has 0 atom stereocenters. The molecule has 94 valence electrons. The van der Waals surface area contributed by atoms with E-state index >= 15 is 0 Å². The first-order chi connectivity index (χ1) is 8.65. The van der Waals surface area contributed by atoms with Crippen LogP contribution in [0.25, 0.3) is 9.75 Å². The Balaban J connectivity index is 2.26. The molecule has 0 saturated carbocycles. The van der Waals surface area contributed by atoms with Gasteiger partial charge < -0.3 is 0 Å². The zero-order chi connectivity index (χ0) is 13.1. The zero-order valence-corrected chi connectivity index (χ0v) is 12.0. The Morgan fingerprint density at radius 2 is 1.22 bits per heavy atom. The first-order valence-corrected chi connectivity index (χ1v) is 7.55. The quantitative estimate of drug-likeness (QED) is 0.745. The molecule has 0 aromatic carbocycles. The van der Waals surface area contributed by atoms with Crippen molar-refractivity contribution in [2.45, 2.75) is 26.7 Å². The Morgan fingerprint density at radius 1 is 0.833 bits per heavy atom. The SMILES string of the molecule is CCC(=O)c1ccc(-c2ccc(C(=O)CC)s2)s1. The van der Waals surface area contributed by atoms with Crippen LogP contribution in [-0.4, -0.2) is 11.6 Å². The molecule has 0 unspecified atom stereocenters. The lowest BCUT2D eigenvalue weighted by atomic mass is 10.2. The van der Waals surface area contributed by atoms with Crippen LogP contribution in [0, 0.1) is 0 Å². The average Bonchev–Trinajstić information content (AvgIpc) is 3.04. The van der Waals surface area contributed by atoms with Gasteiger partial charge in [0, 0.05) is 22.6 Å². The molecule has 0 aliphatic carbocycles. The molecule has 2 aromatic rings. The number of rotatable bonds is 5. The van der Waals surface area contributed by atoms with Crippen LogP contribution in [0.1, 0.15) is 46.0 Å². The van der Waals surface area contributed by atoms with Gasteiger partial charge in [-0.3, -0.25) is 9.59 Å². The normalized spacial score (nSPS) is 10.6. The Morgan fingerprint density at radius 3 is 1.56 bits per heavy atom. The Labute approximate surface area is 114 Å². The summed E-state index contributed by atoms with van der Waals surface area (Å²) in [5, 5.41) is 0.